The molecule has 0 bridgehead atoms. The van der Waals surface area contributed by atoms with Gasteiger partial charge in [-0.2, -0.15) is 0 Å². The van der Waals surface area contributed by atoms with Crippen molar-refractivity contribution in [2.24, 2.45) is 0 Å². The average Bonchev–Trinajstić information content (AvgIpc) is 2.92. The molecule has 1 N–H and O–H groups in total. The molecule has 0 aliphatic heterocycles. The van der Waals surface area contributed by atoms with Crippen molar-refractivity contribution in [1.82, 2.24) is 5.32 Å². The minimum Gasteiger partial charge on any atom is -0.353 e. The number of aryl methyl sites for hydroxylation is 2. The largest absolute Gasteiger partial charge is 0.353 e. The first-order valence-corrected chi connectivity index (χ1v) is 9.32. The molecular weight excluding hydrogens is 298 g/mol. The first-order valence-electron chi connectivity index (χ1n) is 7.83. The topological polar surface area (TPSA) is 63.2 Å². The second kappa shape index (κ2) is 6.03. The molecule has 2 rings (SSSR count). The Hall–Kier alpha value is -1.36. The third kappa shape index (κ3) is 2.78. The lowest BCUT2D eigenvalue weighted by Crippen LogP contribution is -2.52. The number of nitrogens with one attached hydrogen (secondary N) is 1. The van der Waals surface area contributed by atoms with Gasteiger partial charge in [-0.15, -0.1) is 0 Å². The Morgan fingerprint density at radius 3 is 2.32 bits per heavy atom. The smallest absolute Gasteiger partial charge is 0.242 e. The summed E-state index contributed by atoms with van der Waals surface area (Å²) in [6.45, 7) is 7.36. The molecule has 122 valence electrons. The Balaban J connectivity index is 2.56. The Labute approximate surface area is 133 Å². The average molecular weight is 323 g/mol. The van der Waals surface area contributed by atoms with Gasteiger partial charge in [0.2, 0.25) is 5.91 Å². The van der Waals surface area contributed by atoms with Crippen molar-refractivity contribution in [1.29, 1.82) is 0 Å². The van der Waals surface area contributed by atoms with Gasteiger partial charge in [-0.05, 0) is 57.7 Å². The molecular formula is C17H25NO3S. The van der Waals surface area contributed by atoms with E-state index in [1.807, 2.05) is 32.9 Å². The number of hydrogen-bond donors (Lipinski definition) is 1. The van der Waals surface area contributed by atoms with Gasteiger partial charge >= 0.3 is 0 Å². The molecule has 0 atom stereocenters. The predicted molar refractivity (Wildman–Crippen MR) is 87.6 cm³/mol. The molecule has 1 amide bonds. The zero-order valence-electron chi connectivity index (χ0n) is 13.8. The molecule has 1 aromatic carbocycles. The number of benzene rings is 1. The van der Waals surface area contributed by atoms with Crippen LogP contribution in [0.15, 0.2) is 23.1 Å². The Morgan fingerprint density at radius 1 is 1.18 bits per heavy atom. The van der Waals surface area contributed by atoms with Crippen molar-refractivity contribution in [3.63, 3.8) is 0 Å². The van der Waals surface area contributed by atoms with Gasteiger partial charge in [0, 0.05) is 6.04 Å². The third-order valence-corrected chi connectivity index (χ3v) is 7.03. The fraction of sp³-hybridized carbons (Fsp3) is 0.588. The molecule has 1 fully saturated rings. The number of sulfone groups is 1. The number of carbonyl (C=O) groups excluding carboxylic acids is 1. The fourth-order valence-electron chi connectivity index (χ4n) is 3.16. The van der Waals surface area contributed by atoms with E-state index < -0.39 is 14.6 Å². The first-order chi connectivity index (χ1) is 10.2. The van der Waals surface area contributed by atoms with E-state index in [1.165, 1.54) is 0 Å². The minimum absolute atomic E-state index is 0.0706. The van der Waals surface area contributed by atoms with Gasteiger partial charge in [-0.1, -0.05) is 25.0 Å². The summed E-state index contributed by atoms with van der Waals surface area (Å²) < 4.78 is 25.3. The molecule has 4 nitrogen and oxygen atoms in total. The summed E-state index contributed by atoms with van der Waals surface area (Å²) in [6, 6.07) is 5.32. The summed E-state index contributed by atoms with van der Waals surface area (Å²) in [5, 5.41) is 2.82. The Bertz CT molecular complexity index is 671. The van der Waals surface area contributed by atoms with Gasteiger partial charge < -0.3 is 5.32 Å². The molecule has 0 aromatic heterocycles. The van der Waals surface area contributed by atoms with Crippen molar-refractivity contribution < 1.29 is 13.2 Å². The van der Waals surface area contributed by atoms with Gasteiger partial charge in [0.1, 0.15) is 0 Å². The molecule has 1 aromatic rings. The number of rotatable bonds is 4. The maximum atomic E-state index is 13.3. The molecule has 5 heteroatoms. The van der Waals surface area contributed by atoms with Crippen LogP contribution in [0.4, 0.5) is 0 Å². The van der Waals surface area contributed by atoms with E-state index in [1.54, 1.807) is 13.0 Å². The highest BCUT2D eigenvalue weighted by Crippen LogP contribution is 2.41. The van der Waals surface area contributed by atoms with Gasteiger partial charge in [0.05, 0.1) is 4.90 Å². The van der Waals surface area contributed by atoms with Crippen LogP contribution in [0.3, 0.4) is 0 Å². The predicted octanol–water partition coefficient (Wildman–Crippen LogP) is 2.91. The highest BCUT2D eigenvalue weighted by molar-refractivity contribution is 7.93. The number of hydrogen-bond acceptors (Lipinski definition) is 3. The maximum absolute atomic E-state index is 13.3. The zero-order chi connectivity index (χ0) is 16.5. The summed E-state index contributed by atoms with van der Waals surface area (Å²) in [7, 11) is -3.71. The van der Waals surface area contributed by atoms with Gasteiger partial charge in [0.25, 0.3) is 0 Å². The quantitative estimate of drug-likeness (QED) is 0.926. The minimum atomic E-state index is -3.71. The number of amides is 1. The van der Waals surface area contributed by atoms with Crippen LogP contribution in [-0.4, -0.2) is 25.1 Å². The molecule has 0 saturated heterocycles. The normalized spacial score (nSPS) is 17.7. The third-order valence-electron chi connectivity index (χ3n) is 4.39. The van der Waals surface area contributed by atoms with Crippen LogP contribution in [0.1, 0.15) is 50.7 Å². The molecule has 0 spiro atoms. The lowest BCUT2D eigenvalue weighted by Gasteiger charge is -2.29. The van der Waals surface area contributed by atoms with Crippen LogP contribution >= 0.6 is 0 Å². The van der Waals surface area contributed by atoms with E-state index in [-0.39, 0.29) is 11.9 Å². The molecule has 0 heterocycles. The van der Waals surface area contributed by atoms with Crippen molar-refractivity contribution in [2.75, 3.05) is 0 Å². The van der Waals surface area contributed by atoms with Gasteiger partial charge in [-0.25, -0.2) is 8.42 Å². The van der Waals surface area contributed by atoms with E-state index in [9.17, 15) is 13.2 Å². The molecule has 0 unspecified atom stereocenters. The summed E-state index contributed by atoms with van der Waals surface area (Å²) >= 11 is 0. The van der Waals surface area contributed by atoms with Crippen LogP contribution < -0.4 is 5.32 Å². The van der Waals surface area contributed by atoms with E-state index in [2.05, 4.69) is 5.32 Å². The maximum Gasteiger partial charge on any atom is 0.242 e. The van der Waals surface area contributed by atoms with E-state index in [0.717, 1.165) is 18.4 Å². The molecule has 22 heavy (non-hydrogen) atoms. The second-order valence-electron chi connectivity index (χ2n) is 6.60. The molecule has 0 radical (unpaired) electrons. The van der Waals surface area contributed by atoms with Crippen LogP contribution in [0.25, 0.3) is 0 Å². The zero-order valence-corrected chi connectivity index (χ0v) is 14.6. The van der Waals surface area contributed by atoms with Crippen molar-refractivity contribution in [3.05, 3.63) is 29.3 Å². The van der Waals surface area contributed by atoms with Crippen molar-refractivity contribution in [2.45, 2.75) is 69.1 Å². The van der Waals surface area contributed by atoms with Crippen LogP contribution in [0.5, 0.6) is 0 Å². The van der Waals surface area contributed by atoms with E-state index in [0.29, 0.717) is 23.3 Å². The monoisotopic (exact) mass is 323 g/mol. The summed E-state index contributed by atoms with van der Waals surface area (Å²) in [5.74, 6) is -0.346. The summed E-state index contributed by atoms with van der Waals surface area (Å²) in [6.07, 6.45) is 2.35. The summed E-state index contributed by atoms with van der Waals surface area (Å²) in [4.78, 5) is 13.0. The standard InChI is InChI=1S/C17H25NO3S/c1-12(2)18-16(19)17(9-5-6-10-17)22(20,21)15-11-13(3)7-8-14(15)4/h7-8,11-12H,5-6,9-10H2,1-4H3,(H,18,19). The van der Waals surface area contributed by atoms with E-state index in [4.69, 9.17) is 0 Å². The Kier molecular flexibility index (Phi) is 4.66. The highest BCUT2D eigenvalue weighted by atomic mass is 32.2. The van der Waals surface area contributed by atoms with Crippen LogP contribution in [-0.2, 0) is 14.6 Å². The first kappa shape index (κ1) is 17.0. The Morgan fingerprint density at radius 2 is 1.77 bits per heavy atom. The molecule has 1 aliphatic rings. The highest BCUT2D eigenvalue weighted by Gasteiger charge is 2.53. The molecule has 1 aliphatic carbocycles. The second-order valence-corrected chi connectivity index (χ2v) is 8.83. The van der Waals surface area contributed by atoms with Crippen LogP contribution in [0, 0.1) is 13.8 Å². The van der Waals surface area contributed by atoms with E-state index >= 15 is 0 Å². The molecule has 1 saturated carbocycles. The summed E-state index contributed by atoms with van der Waals surface area (Å²) in [5.41, 5.74) is 1.59. The van der Waals surface area contributed by atoms with Gasteiger partial charge in [-0.3, -0.25) is 4.79 Å². The van der Waals surface area contributed by atoms with Gasteiger partial charge in [0.15, 0.2) is 14.6 Å². The van der Waals surface area contributed by atoms with Crippen molar-refractivity contribution in [3.8, 4) is 0 Å². The SMILES string of the molecule is Cc1ccc(C)c(S(=O)(=O)C2(C(=O)NC(C)C)CCCC2)c1. The lowest BCUT2D eigenvalue weighted by atomic mass is 10.1. The lowest BCUT2D eigenvalue weighted by molar-refractivity contribution is -0.124. The number of carbonyl (C=O) groups is 1. The fourth-order valence-corrected chi connectivity index (χ4v) is 5.55. The van der Waals surface area contributed by atoms with Crippen molar-refractivity contribution >= 4 is 15.7 Å². The van der Waals surface area contributed by atoms with Crippen LogP contribution in [0.2, 0.25) is 0 Å².